The van der Waals surface area contributed by atoms with Gasteiger partial charge in [-0.25, -0.2) is 18.4 Å². The van der Waals surface area contributed by atoms with Crippen LogP contribution in [0, 0.1) is 0 Å². The van der Waals surface area contributed by atoms with E-state index in [1.54, 1.807) is 18.5 Å². The van der Waals surface area contributed by atoms with E-state index in [9.17, 15) is 13.5 Å². The van der Waals surface area contributed by atoms with Gasteiger partial charge in [-0.05, 0) is 50.2 Å². The summed E-state index contributed by atoms with van der Waals surface area (Å²) in [5, 5.41) is 13.9. The van der Waals surface area contributed by atoms with Crippen molar-refractivity contribution in [3.63, 3.8) is 0 Å². The Labute approximate surface area is 235 Å². The van der Waals surface area contributed by atoms with Gasteiger partial charge in [-0.3, -0.25) is 9.21 Å². The summed E-state index contributed by atoms with van der Waals surface area (Å²) in [4.78, 5) is 18.3. The molecule has 1 aliphatic heterocycles. The van der Waals surface area contributed by atoms with E-state index in [4.69, 9.17) is 4.98 Å². The number of fused-ring (bicyclic) bond motifs is 1. The molecule has 40 heavy (non-hydrogen) atoms. The first-order valence-electron chi connectivity index (χ1n) is 13.3. The zero-order valence-corrected chi connectivity index (χ0v) is 24.1. The number of hydrogen-bond acceptors (Lipinski definition) is 9. The molecule has 0 bridgehead atoms. The minimum Gasteiger partial charge on any atom is -0.392 e. The molecule has 11 nitrogen and oxygen atoms in total. The molecular weight excluding hydrogens is 528 g/mol. The molecule has 0 aliphatic carbocycles. The summed E-state index contributed by atoms with van der Waals surface area (Å²) in [5.74, 6) is 0.860. The Morgan fingerprint density at radius 1 is 1.15 bits per heavy atom. The van der Waals surface area contributed by atoms with Crippen molar-refractivity contribution in [1.82, 2.24) is 24.4 Å². The number of rotatable bonds is 9. The minimum atomic E-state index is -3.45. The SMILES string of the molecule is C[C@H](O)CN1CCN(c2ccc(Nc3ncc4ccn(Cc5cccnc5N(C)S(C)(=O)=O)c4n3)cc2)C[C@@H]1C. The number of aromatic nitrogens is 4. The van der Waals surface area contributed by atoms with E-state index in [1.165, 1.54) is 11.4 Å². The molecule has 5 rings (SSSR count). The van der Waals surface area contributed by atoms with Gasteiger partial charge in [0.2, 0.25) is 16.0 Å². The molecule has 0 saturated carbocycles. The number of piperazine rings is 1. The lowest BCUT2D eigenvalue weighted by atomic mass is 10.1. The zero-order chi connectivity index (χ0) is 28.4. The second-order valence-electron chi connectivity index (χ2n) is 10.4. The summed E-state index contributed by atoms with van der Waals surface area (Å²) >= 11 is 0. The van der Waals surface area contributed by atoms with Gasteiger partial charge in [-0.15, -0.1) is 0 Å². The molecule has 3 aromatic heterocycles. The Kier molecular flexibility index (Phi) is 7.92. The number of benzene rings is 1. The maximum atomic E-state index is 12.1. The van der Waals surface area contributed by atoms with E-state index < -0.39 is 10.0 Å². The lowest BCUT2D eigenvalue weighted by Crippen LogP contribution is -2.53. The topological polar surface area (TPSA) is 120 Å². The zero-order valence-electron chi connectivity index (χ0n) is 23.3. The number of aliphatic hydroxyl groups excluding tert-OH is 1. The number of sulfonamides is 1. The van der Waals surface area contributed by atoms with E-state index in [1.807, 2.05) is 42.0 Å². The van der Waals surface area contributed by atoms with Crippen LogP contribution in [-0.4, -0.2) is 89.6 Å². The van der Waals surface area contributed by atoms with Crippen LogP contribution < -0.4 is 14.5 Å². The fourth-order valence-corrected chi connectivity index (χ4v) is 5.54. The molecule has 0 amide bonds. The molecule has 0 spiro atoms. The Balaban J connectivity index is 1.30. The summed E-state index contributed by atoms with van der Waals surface area (Å²) in [6, 6.07) is 14.2. The maximum Gasteiger partial charge on any atom is 0.233 e. The van der Waals surface area contributed by atoms with Gasteiger partial charge in [-0.1, -0.05) is 6.07 Å². The van der Waals surface area contributed by atoms with Gasteiger partial charge in [0.1, 0.15) is 11.5 Å². The molecule has 2 N–H and O–H groups in total. The number of aliphatic hydroxyl groups is 1. The van der Waals surface area contributed by atoms with Gasteiger partial charge in [0.25, 0.3) is 0 Å². The van der Waals surface area contributed by atoms with Gasteiger partial charge in [0, 0.05) is 80.2 Å². The fraction of sp³-hybridized carbons (Fsp3) is 0.393. The van der Waals surface area contributed by atoms with Crippen LogP contribution in [0.3, 0.4) is 0 Å². The third-order valence-corrected chi connectivity index (χ3v) is 8.43. The van der Waals surface area contributed by atoms with Crippen molar-refractivity contribution in [2.75, 3.05) is 54.0 Å². The molecule has 1 aliphatic rings. The van der Waals surface area contributed by atoms with Crippen LogP contribution in [0.2, 0.25) is 0 Å². The quantitative estimate of drug-likeness (QED) is 0.316. The van der Waals surface area contributed by atoms with E-state index in [2.05, 4.69) is 44.1 Å². The molecule has 1 aromatic carbocycles. The fourth-order valence-electron chi connectivity index (χ4n) is 5.06. The highest BCUT2D eigenvalue weighted by Gasteiger charge is 2.24. The Morgan fingerprint density at radius 2 is 1.93 bits per heavy atom. The van der Waals surface area contributed by atoms with Gasteiger partial charge >= 0.3 is 0 Å². The molecule has 2 atom stereocenters. The first-order chi connectivity index (χ1) is 19.1. The number of nitrogens with one attached hydrogen (secondary N) is 1. The summed E-state index contributed by atoms with van der Waals surface area (Å²) in [7, 11) is -1.95. The van der Waals surface area contributed by atoms with Crippen molar-refractivity contribution in [3.05, 3.63) is 66.6 Å². The average Bonchev–Trinajstić information content (AvgIpc) is 3.31. The second-order valence-corrected chi connectivity index (χ2v) is 12.5. The van der Waals surface area contributed by atoms with E-state index >= 15 is 0 Å². The largest absolute Gasteiger partial charge is 0.392 e. The first kappa shape index (κ1) is 27.8. The van der Waals surface area contributed by atoms with Gasteiger partial charge in [-0.2, -0.15) is 4.98 Å². The van der Waals surface area contributed by atoms with Crippen molar-refractivity contribution < 1.29 is 13.5 Å². The van der Waals surface area contributed by atoms with Crippen LogP contribution in [0.1, 0.15) is 19.4 Å². The lowest BCUT2D eigenvalue weighted by Gasteiger charge is -2.41. The Hall–Kier alpha value is -3.74. The van der Waals surface area contributed by atoms with E-state index in [0.717, 1.165) is 53.9 Å². The summed E-state index contributed by atoms with van der Waals surface area (Å²) < 4.78 is 27.4. The van der Waals surface area contributed by atoms with Crippen molar-refractivity contribution in [3.8, 4) is 0 Å². The van der Waals surface area contributed by atoms with Crippen LogP contribution in [0.25, 0.3) is 11.0 Å². The van der Waals surface area contributed by atoms with Crippen LogP contribution in [0.15, 0.2) is 61.1 Å². The number of anilines is 4. The molecule has 1 saturated heterocycles. The number of pyridine rings is 1. The van der Waals surface area contributed by atoms with Crippen LogP contribution >= 0.6 is 0 Å². The summed E-state index contributed by atoms with van der Waals surface area (Å²) in [6.45, 7) is 7.89. The number of hydrogen-bond donors (Lipinski definition) is 2. The molecule has 4 aromatic rings. The monoisotopic (exact) mass is 564 g/mol. The van der Waals surface area contributed by atoms with Crippen LogP contribution in [0.4, 0.5) is 23.1 Å². The minimum absolute atomic E-state index is 0.321. The first-order valence-corrected chi connectivity index (χ1v) is 15.2. The molecule has 12 heteroatoms. The smallest absolute Gasteiger partial charge is 0.233 e. The van der Waals surface area contributed by atoms with Gasteiger partial charge in [0.15, 0.2) is 0 Å². The Bertz CT molecular complexity index is 1570. The molecule has 4 heterocycles. The second kappa shape index (κ2) is 11.4. The van der Waals surface area contributed by atoms with E-state index in [-0.39, 0.29) is 6.10 Å². The van der Waals surface area contributed by atoms with Crippen LogP contribution in [-0.2, 0) is 16.6 Å². The molecule has 0 radical (unpaired) electrons. The Morgan fingerprint density at radius 3 is 2.62 bits per heavy atom. The van der Waals surface area contributed by atoms with Crippen molar-refractivity contribution in [2.24, 2.45) is 0 Å². The summed E-state index contributed by atoms with van der Waals surface area (Å²) in [5.41, 5.74) is 3.53. The average molecular weight is 565 g/mol. The van der Waals surface area contributed by atoms with Crippen LogP contribution in [0.5, 0.6) is 0 Å². The third kappa shape index (κ3) is 6.19. The van der Waals surface area contributed by atoms with Crippen molar-refractivity contribution in [1.29, 1.82) is 0 Å². The van der Waals surface area contributed by atoms with E-state index in [0.29, 0.717) is 30.9 Å². The van der Waals surface area contributed by atoms with Gasteiger partial charge < -0.3 is 19.9 Å². The third-order valence-electron chi connectivity index (χ3n) is 7.26. The van der Waals surface area contributed by atoms with Gasteiger partial charge in [0.05, 0.1) is 18.9 Å². The summed E-state index contributed by atoms with van der Waals surface area (Å²) in [6.07, 6.45) is 6.11. The molecule has 0 unspecified atom stereocenters. The predicted octanol–water partition coefficient (Wildman–Crippen LogP) is 2.91. The highest BCUT2D eigenvalue weighted by molar-refractivity contribution is 7.92. The number of nitrogens with zero attached hydrogens (tertiary/aromatic N) is 7. The predicted molar refractivity (Wildman–Crippen MR) is 159 cm³/mol. The number of β-amino-alcohol motifs (C(OH)–C–C–N with tert-alkyl or cyclic N) is 1. The van der Waals surface area contributed by atoms with Crippen molar-refractivity contribution >= 4 is 44.2 Å². The van der Waals surface area contributed by atoms with Crippen molar-refractivity contribution in [2.45, 2.75) is 32.5 Å². The standard InChI is InChI=1S/C28H36N8O3S/c1-20-17-35(15-14-34(20)18-21(2)37)25-9-7-24(8-10-25)31-28-30-16-22-11-13-36(27(22)32-28)19-23-6-5-12-29-26(23)33(3)40(4,38)39/h5-13,16,20-21,37H,14-15,17-19H2,1-4H3,(H,30,31,32)/t20-,21-/m0/s1. The lowest BCUT2D eigenvalue weighted by molar-refractivity contribution is 0.0960. The highest BCUT2D eigenvalue weighted by atomic mass is 32.2. The normalized spacial score (nSPS) is 17.2. The maximum absolute atomic E-state index is 12.1. The molecule has 212 valence electrons. The highest BCUT2D eigenvalue weighted by Crippen LogP contribution is 2.25. The molecular formula is C28H36N8O3S. The molecule has 1 fully saturated rings.